The summed E-state index contributed by atoms with van der Waals surface area (Å²) in [6.07, 6.45) is 0.848. The molecule has 0 bridgehead atoms. The summed E-state index contributed by atoms with van der Waals surface area (Å²) >= 11 is 11.6. The Morgan fingerprint density at radius 3 is 2.53 bits per heavy atom. The van der Waals surface area contributed by atoms with Crippen molar-refractivity contribution < 1.29 is 9.59 Å². The number of halogens is 2. The summed E-state index contributed by atoms with van der Waals surface area (Å²) in [5.41, 5.74) is 0.501. The molecule has 0 spiro atoms. The van der Waals surface area contributed by atoms with E-state index in [0.717, 1.165) is 6.42 Å². The predicted octanol–water partition coefficient (Wildman–Crippen LogP) is 2.64. The summed E-state index contributed by atoms with van der Waals surface area (Å²) in [5.74, 6) is -0.230. The van der Waals surface area contributed by atoms with Crippen LogP contribution in [0.5, 0.6) is 0 Å². The van der Waals surface area contributed by atoms with Crippen LogP contribution in [0.3, 0.4) is 0 Å². The summed E-state index contributed by atoms with van der Waals surface area (Å²) < 4.78 is 0. The van der Waals surface area contributed by atoms with E-state index in [-0.39, 0.29) is 12.5 Å². The third-order valence-corrected chi connectivity index (χ3v) is 2.90. The molecule has 0 aliphatic carbocycles. The van der Waals surface area contributed by atoms with Crippen LogP contribution in [-0.4, -0.2) is 25.0 Å². The molecule has 0 aliphatic heterocycles. The van der Waals surface area contributed by atoms with E-state index in [1.807, 2.05) is 6.92 Å². The highest BCUT2D eigenvalue weighted by Gasteiger charge is 2.06. The van der Waals surface area contributed by atoms with Crippen LogP contribution >= 0.6 is 23.2 Å². The van der Waals surface area contributed by atoms with Gasteiger partial charge in [0, 0.05) is 12.2 Å². The first kappa shape index (κ1) is 15.6. The Morgan fingerprint density at radius 1 is 1.16 bits per heavy atom. The van der Waals surface area contributed by atoms with Crippen molar-refractivity contribution >= 4 is 40.8 Å². The van der Waals surface area contributed by atoms with Crippen LogP contribution in [0, 0.1) is 0 Å². The normalized spacial score (nSPS) is 9.84. The number of amides is 3. The third-order valence-electron chi connectivity index (χ3n) is 2.16. The summed E-state index contributed by atoms with van der Waals surface area (Å²) in [6.45, 7) is 2.47. The first-order valence-corrected chi connectivity index (χ1v) is 6.55. The molecule has 3 amide bonds. The molecule has 1 aromatic carbocycles. The van der Waals surface area contributed by atoms with Gasteiger partial charge in [-0.1, -0.05) is 30.1 Å². The molecule has 0 saturated heterocycles. The number of carbonyl (C=O) groups is 2. The first-order valence-electron chi connectivity index (χ1n) is 5.79. The number of carbonyl (C=O) groups excluding carboxylic acids is 2. The van der Waals surface area contributed by atoms with E-state index < -0.39 is 6.03 Å². The first-order chi connectivity index (χ1) is 9.02. The fraction of sp³-hybridized carbons (Fsp3) is 0.333. The molecule has 104 valence electrons. The van der Waals surface area contributed by atoms with Crippen molar-refractivity contribution in [2.75, 3.05) is 18.4 Å². The van der Waals surface area contributed by atoms with Gasteiger partial charge in [-0.2, -0.15) is 0 Å². The fourth-order valence-corrected chi connectivity index (χ4v) is 1.53. The van der Waals surface area contributed by atoms with E-state index in [9.17, 15) is 9.59 Å². The summed E-state index contributed by atoms with van der Waals surface area (Å²) in [6, 6.07) is 4.24. The highest BCUT2D eigenvalue weighted by Crippen LogP contribution is 2.24. The van der Waals surface area contributed by atoms with E-state index in [4.69, 9.17) is 23.2 Å². The van der Waals surface area contributed by atoms with Crippen LogP contribution in [0.15, 0.2) is 18.2 Å². The molecule has 1 rings (SSSR count). The lowest BCUT2D eigenvalue weighted by atomic mass is 10.3. The van der Waals surface area contributed by atoms with Gasteiger partial charge in [0.15, 0.2) is 0 Å². The van der Waals surface area contributed by atoms with Crippen molar-refractivity contribution in [2.45, 2.75) is 13.3 Å². The van der Waals surface area contributed by atoms with Gasteiger partial charge in [-0.25, -0.2) is 4.79 Å². The van der Waals surface area contributed by atoms with Crippen molar-refractivity contribution in [3.63, 3.8) is 0 Å². The summed E-state index contributed by atoms with van der Waals surface area (Å²) in [7, 11) is 0. The lowest BCUT2D eigenvalue weighted by molar-refractivity contribution is -0.120. The summed E-state index contributed by atoms with van der Waals surface area (Å²) in [4.78, 5) is 22.8. The maximum atomic E-state index is 11.5. The Bertz CT molecular complexity index is 466. The standard InChI is InChI=1S/C12H15Cl2N3O2/c1-2-5-15-11(18)7-16-12(19)17-8-3-4-9(13)10(14)6-8/h3-4,6H,2,5,7H2,1H3,(H,15,18)(H2,16,17,19). The van der Waals surface area contributed by atoms with Crippen molar-refractivity contribution in [3.8, 4) is 0 Å². The van der Waals surface area contributed by atoms with Crippen LogP contribution in [-0.2, 0) is 4.79 Å². The molecule has 19 heavy (non-hydrogen) atoms. The van der Waals surface area contributed by atoms with Gasteiger partial charge in [0.25, 0.3) is 0 Å². The van der Waals surface area contributed by atoms with E-state index in [0.29, 0.717) is 22.3 Å². The van der Waals surface area contributed by atoms with Crippen molar-refractivity contribution in [3.05, 3.63) is 28.2 Å². The maximum absolute atomic E-state index is 11.5. The zero-order valence-corrected chi connectivity index (χ0v) is 11.9. The lowest BCUT2D eigenvalue weighted by Gasteiger charge is -2.08. The molecule has 0 fully saturated rings. The third kappa shape index (κ3) is 5.81. The Hall–Kier alpha value is -1.46. The average molecular weight is 304 g/mol. The van der Waals surface area contributed by atoms with E-state index >= 15 is 0 Å². The van der Waals surface area contributed by atoms with Gasteiger partial charge in [-0.3, -0.25) is 4.79 Å². The Morgan fingerprint density at radius 2 is 1.89 bits per heavy atom. The second kappa shape index (κ2) is 7.86. The number of urea groups is 1. The van der Waals surface area contributed by atoms with Crippen molar-refractivity contribution in [1.82, 2.24) is 10.6 Å². The van der Waals surface area contributed by atoms with Crippen molar-refractivity contribution in [2.24, 2.45) is 0 Å². The molecule has 0 atom stereocenters. The number of benzene rings is 1. The zero-order valence-electron chi connectivity index (χ0n) is 10.4. The van der Waals surface area contributed by atoms with Gasteiger partial charge >= 0.3 is 6.03 Å². The van der Waals surface area contributed by atoms with E-state index in [1.165, 1.54) is 6.07 Å². The molecular weight excluding hydrogens is 289 g/mol. The number of nitrogens with one attached hydrogen (secondary N) is 3. The molecule has 3 N–H and O–H groups in total. The molecule has 0 aliphatic rings. The van der Waals surface area contributed by atoms with Gasteiger partial charge in [0.2, 0.25) is 5.91 Å². The molecule has 0 saturated carbocycles. The Balaban J connectivity index is 2.38. The molecule has 7 heteroatoms. The number of anilines is 1. The van der Waals surface area contributed by atoms with Gasteiger partial charge < -0.3 is 16.0 Å². The molecule has 1 aromatic rings. The molecule has 0 radical (unpaired) electrons. The number of hydrogen-bond acceptors (Lipinski definition) is 2. The fourth-order valence-electron chi connectivity index (χ4n) is 1.24. The number of hydrogen-bond donors (Lipinski definition) is 3. The molecule has 0 heterocycles. The van der Waals surface area contributed by atoms with Crippen LogP contribution in [0.25, 0.3) is 0 Å². The topological polar surface area (TPSA) is 70.2 Å². The van der Waals surface area contributed by atoms with Gasteiger partial charge in [0.05, 0.1) is 16.6 Å². The lowest BCUT2D eigenvalue weighted by Crippen LogP contribution is -2.39. The predicted molar refractivity (Wildman–Crippen MR) is 76.8 cm³/mol. The molecular formula is C12H15Cl2N3O2. The highest BCUT2D eigenvalue weighted by molar-refractivity contribution is 6.42. The number of rotatable bonds is 5. The Kier molecular flexibility index (Phi) is 6.45. The molecule has 0 aromatic heterocycles. The Labute approximate surface area is 121 Å². The maximum Gasteiger partial charge on any atom is 0.319 e. The largest absolute Gasteiger partial charge is 0.355 e. The SMILES string of the molecule is CCCNC(=O)CNC(=O)Nc1ccc(Cl)c(Cl)c1. The monoisotopic (exact) mass is 303 g/mol. The second-order valence-corrected chi connectivity index (χ2v) is 4.60. The molecule has 0 unspecified atom stereocenters. The highest BCUT2D eigenvalue weighted by atomic mass is 35.5. The van der Waals surface area contributed by atoms with Crippen LogP contribution < -0.4 is 16.0 Å². The average Bonchev–Trinajstić information content (AvgIpc) is 2.38. The van der Waals surface area contributed by atoms with Gasteiger partial charge in [-0.15, -0.1) is 0 Å². The van der Waals surface area contributed by atoms with Gasteiger partial charge in [0.1, 0.15) is 0 Å². The van der Waals surface area contributed by atoms with E-state index in [1.54, 1.807) is 12.1 Å². The molecule has 5 nitrogen and oxygen atoms in total. The smallest absolute Gasteiger partial charge is 0.319 e. The van der Waals surface area contributed by atoms with Crippen LogP contribution in [0.2, 0.25) is 10.0 Å². The minimum atomic E-state index is -0.481. The van der Waals surface area contributed by atoms with Crippen LogP contribution in [0.1, 0.15) is 13.3 Å². The van der Waals surface area contributed by atoms with Crippen LogP contribution in [0.4, 0.5) is 10.5 Å². The minimum Gasteiger partial charge on any atom is -0.355 e. The van der Waals surface area contributed by atoms with Gasteiger partial charge in [-0.05, 0) is 24.6 Å². The van der Waals surface area contributed by atoms with Crippen molar-refractivity contribution in [1.29, 1.82) is 0 Å². The van der Waals surface area contributed by atoms with E-state index in [2.05, 4.69) is 16.0 Å². The zero-order chi connectivity index (χ0) is 14.3. The second-order valence-electron chi connectivity index (χ2n) is 3.79. The summed E-state index contributed by atoms with van der Waals surface area (Å²) in [5, 5.41) is 8.39. The quantitative estimate of drug-likeness (QED) is 0.782. The minimum absolute atomic E-state index is 0.0762.